The summed E-state index contributed by atoms with van der Waals surface area (Å²) in [6.45, 7) is 0.611. The molecule has 2 aromatic carbocycles. The van der Waals surface area contributed by atoms with E-state index in [-0.39, 0.29) is 5.56 Å². The maximum atomic E-state index is 13.3. The number of rotatable bonds is 3. The Kier molecular flexibility index (Phi) is 3.44. The molecule has 0 spiro atoms. The van der Waals surface area contributed by atoms with Gasteiger partial charge in [-0.1, -0.05) is 35.5 Å². The fraction of sp³-hybridized carbons (Fsp3) is 0.0625. The van der Waals surface area contributed by atoms with Crippen molar-refractivity contribution >= 4 is 0 Å². The van der Waals surface area contributed by atoms with Crippen molar-refractivity contribution in [3.8, 4) is 17.3 Å². The summed E-state index contributed by atoms with van der Waals surface area (Å²) >= 11 is 0. The van der Waals surface area contributed by atoms with E-state index >= 15 is 0 Å². The van der Waals surface area contributed by atoms with Crippen LogP contribution in [0, 0.1) is 17.1 Å². The standard InChI is InChI=1S/C16H11FN4/c17-15-7-6-13(8-14(15)9-18)16-11-21(20-19-16)10-12-4-2-1-3-5-12/h1-8,11H,10H2. The molecule has 1 heterocycles. The van der Waals surface area contributed by atoms with Crippen LogP contribution in [0.3, 0.4) is 0 Å². The molecule has 0 saturated heterocycles. The summed E-state index contributed by atoms with van der Waals surface area (Å²) in [7, 11) is 0. The molecule has 0 amide bonds. The fourth-order valence-electron chi connectivity index (χ4n) is 2.05. The maximum absolute atomic E-state index is 13.3. The molecule has 0 aliphatic heterocycles. The molecule has 0 fully saturated rings. The first kappa shape index (κ1) is 13.0. The van der Waals surface area contributed by atoms with E-state index < -0.39 is 5.82 Å². The molecule has 0 saturated carbocycles. The third kappa shape index (κ3) is 2.79. The normalized spacial score (nSPS) is 10.3. The lowest BCUT2D eigenvalue weighted by Crippen LogP contribution is -1.99. The van der Waals surface area contributed by atoms with Crippen molar-refractivity contribution in [1.82, 2.24) is 15.0 Å². The minimum absolute atomic E-state index is 0.00473. The molecule has 3 rings (SSSR count). The van der Waals surface area contributed by atoms with Crippen LogP contribution in [0.2, 0.25) is 0 Å². The maximum Gasteiger partial charge on any atom is 0.140 e. The summed E-state index contributed by atoms with van der Waals surface area (Å²) in [6.07, 6.45) is 1.78. The molecule has 0 radical (unpaired) electrons. The van der Waals surface area contributed by atoms with Gasteiger partial charge < -0.3 is 0 Å². The van der Waals surface area contributed by atoms with Crippen LogP contribution >= 0.6 is 0 Å². The molecule has 3 aromatic rings. The predicted octanol–water partition coefficient (Wildman–Crippen LogP) is 3.00. The highest BCUT2D eigenvalue weighted by atomic mass is 19.1. The second kappa shape index (κ2) is 5.55. The Morgan fingerprint density at radius 1 is 1.14 bits per heavy atom. The van der Waals surface area contributed by atoms with Gasteiger partial charge in [0, 0.05) is 5.56 Å². The summed E-state index contributed by atoms with van der Waals surface area (Å²) < 4.78 is 15.0. The molecular formula is C16H11FN4. The Morgan fingerprint density at radius 2 is 1.95 bits per heavy atom. The zero-order valence-corrected chi connectivity index (χ0v) is 11.1. The van der Waals surface area contributed by atoms with Crippen molar-refractivity contribution in [3.63, 3.8) is 0 Å². The van der Waals surface area contributed by atoms with Crippen LogP contribution in [0.4, 0.5) is 4.39 Å². The number of halogens is 1. The van der Waals surface area contributed by atoms with Gasteiger partial charge in [0.15, 0.2) is 0 Å². The SMILES string of the molecule is N#Cc1cc(-c2cn(Cc3ccccc3)nn2)ccc1F. The zero-order chi connectivity index (χ0) is 14.7. The molecule has 0 bridgehead atoms. The largest absolute Gasteiger partial charge is 0.247 e. The van der Waals surface area contributed by atoms with E-state index in [0.29, 0.717) is 17.8 Å². The van der Waals surface area contributed by atoms with Gasteiger partial charge in [-0.2, -0.15) is 5.26 Å². The molecule has 0 atom stereocenters. The summed E-state index contributed by atoms with van der Waals surface area (Å²) in [5.74, 6) is -0.530. The van der Waals surface area contributed by atoms with Gasteiger partial charge in [0.2, 0.25) is 0 Å². The highest BCUT2D eigenvalue weighted by molar-refractivity contribution is 5.60. The second-order valence-corrected chi connectivity index (χ2v) is 4.59. The Balaban J connectivity index is 1.87. The third-order valence-corrected chi connectivity index (χ3v) is 3.11. The fourth-order valence-corrected chi connectivity index (χ4v) is 2.05. The average Bonchev–Trinajstić information content (AvgIpc) is 2.97. The second-order valence-electron chi connectivity index (χ2n) is 4.59. The number of aromatic nitrogens is 3. The Labute approximate surface area is 121 Å². The van der Waals surface area contributed by atoms with Crippen molar-refractivity contribution in [1.29, 1.82) is 5.26 Å². The van der Waals surface area contributed by atoms with Gasteiger partial charge in [-0.25, -0.2) is 9.07 Å². The first-order valence-corrected chi connectivity index (χ1v) is 6.40. The van der Waals surface area contributed by atoms with Crippen LogP contribution in [0.15, 0.2) is 54.7 Å². The van der Waals surface area contributed by atoms with Crippen LogP contribution in [0.5, 0.6) is 0 Å². The van der Waals surface area contributed by atoms with Crippen molar-refractivity contribution in [2.45, 2.75) is 6.54 Å². The number of nitriles is 1. The van der Waals surface area contributed by atoms with E-state index in [1.807, 2.05) is 36.4 Å². The van der Waals surface area contributed by atoms with E-state index in [1.165, 1.54) is 12.1 Å². The van der Waals surface area contributed by atoms with E-state index in [1.54, 1.807) is 16.9 Å². The lowest BCUT2D eigenvalue weighted by molar-refractivity contribution is 0.624. The first-order valence-electron chi connectivity index (χ1n) is 6.40. The molecule has 4 nitrogen and oxygen atoms in total. The van der Waals surface area contributed by atoms with Gasteiger partial charge in [0.05, 0.1) is 18.3 Å². The van der Waals surface area contributed by atoms with Gasteiger partial charge in [0.1, 0.15) is 17.6 Å². The van der Waals surface area contributed by atoms with E-state index in [2.05, 4.69) is 10.3 Å². The highest BCUT2D eigenvalue weighted by Gasteiger charge is 2.08. The molecule has 102 valence electrons. The van der Waals surface area contributed by atoms with Crippen LogP contribution in [0.25, 0.3) is 11.3 Å². The predicted molar refractivity (Wildman–Crippen MR) is 75.7 cm³/mol. The number of nitrogens with zero attached hydrogens (tertiary/aromatic N) is 4. The quantitative estimate of drug-likeness (QED) is 0.740. The van der Waals surface area contributed by atoms with E-state index in [0.717, 1.165) is 5.56 Å². The van der Waals surface area contributed by atoms with Crippen LogP contribution < -0.4 is 0 Å². The van der Waals surface area contributed by atoms with E-state index in [4.69, 9.17) is 5.26 Å². The average molecular weight is 278 g/mol. The van der Waals surface area contributed by atoms with Gasteiger partial charge >= 0.3 is 0 Å². The third-order valence-electron chi connectivity index (χ3n) is 3.11. The summed E-state index contributed by atoms with van der Waals surface area (Å²) in [6, 6.07) is 16.1. The van der Waals surface area contributed by atoms with Crippen LogP contribution in [-0.4, -0.2) is 15.0 Å². The van der Waals surface area contributed by atoms with Crippen LogP contribution in [-0.2, 0) is 6.54 Å². The van der Waals surface area contributed by atoms with Gasteiger partial charge in [0.25, 0.3) is 0 Å². The lowest BCUT2D eigenvalue weighted by Gasteiger charge is -2.00. The van der Waals surface area contributed by atoms with Crippen molar-refractivity contribution < 1.29 is 4.39 Å². The van der Waals surface area contributed by atoms with Crippen molar-refractivity contribution in [2.24, 2.45) is 0 Å². The Bertz CT molecular complexity index is 803. The topological polar surface area (TPSA) is 54.5 Å². The lowest BCUT2D eigenvalue weighted by atomic mass is 10.1. The zero-order valence-electron chi connectivity index (χ0n) is 11.1. The summed E-state index contributed by atoms with van der Waals surface area (Å²) in [5, 5.41) is 17.0. The van der Waals surface area contributed by atoms with Gasteiger partial charge in [-0.05, 0) is 23.8 Å². The smallest absolute Gasteiger partial charge is 0.140 e. The Morgan fingerprint density at radius 3 is 2.71 bits per heavy atom. The van der Waals surface area contributed by atoms with E-state index in [9.17, 15) is 4.39 Å². The molecule has 5 heteroatoms. The number of hydrogen-bond donors (Lipinski definition) is 0. The molecule has 0 N–H and O–H groups in total. The Hall–Kier alpha value is -3.00. The molecule has 0 unspecified atom stereocenters. The number of benzene rings is 2. The first-order chi connectivity index (χ1) is 10.3. The molecular weight excluding hydrogens is 267 g/mol. The van der Waals surface area contributed by atoms with Gasteiger partial charge in [-0.15, -0.1) is 5.10 Å². The molecule has 0 aliphatic carbocycles. The minimum atomic E-state index is -0.530. The molecule has 0 aliphatic rings. The number of hydrogen-bond acceptors (Lipinski definition) is 3. The molecule has 21 heavy (non-hydrogen) atoms. The summed E-state index contributed by atoms with van der Waals surface area (Å²) in [5.41, 5.74) is 2.41. The van der Waals surface area contributed by atoms with Crippen molar-refractivity contribution in [2.75, 3.05) is 0 Å². The van der Waals surface area contributed by atoms with Crippen molar-refractivity contribution in [3.05, 3.63) is 71.7 Å². The van der Waals surface area contributed by atoms with Gasteiger partial charge in [-0.3, -0.25) is 0 Å². The van der Waals surface area contributed by atoms with Crippen LogP contribution in [0.1, 0.15) is 11.1 Å². The monoisotopic (exact) mass is 278 g/mol. The highest BCUT2D eigenvalue weighted by Crippen LogP contribution is 2.19. The summed E-state index contributed by atoms with van der Waals surface area (Å²) in [4.78, 5) is 0. The minimum Gasteiger partial charge on any atom is -0.247 e. The molecule has 1 aromatic heterocycles.